The van der Waals surface area contributed by atoms with Crippen molar-refractivity contribution in [2.75, 3.05) is 13.2 Å². The molecule has 1 unspecified atom stereocenters. The van der Waals surface area contributed by atoms with Gasteiger partial charge in [-0.3, -0.25) is 9.59 Å². The van der Waals surface area contributed by atoms with Crippen molar-refractivity contribution >= 4 is 11.9 Å². The van der Waals surface area contributed by atoms with Crippen LogP contribution < -0.4 is 0 Å². The van der Waals surface area contributed by atoms with Crippen LogP contribution in [0.4, 0.5) is 0 Å². The fourth-order valence-electron chi connectivity index (χ4n) is 6.73. The summed E-state index contributed by atoms with van der Waals surface area (Å²) in [6, 6.07) is 0. The normalized spacial score (nSPS) is 12.6. The highest BCUT2D eigenvalue weighted by Crippen LogP contribution is 2.15. The molecule has 0 aliphatic heterocycles. The predicted molar refractivity (Wildman–Crippen MR) is 237 cm³/mol. The van der Waals surface area contributed by atoms with Crippen molar-refractivity contribution in [1.82, 2.24) is 0 Å². The van der Waals surface area contributed by atoms with Gasteiger partial charge in [-0.05, 0) is 77.0 Å². The number of allylic oxidation sites excluding steroid dienone is 8. The molecule has 0 spiro atoms. The third-order valence-corrected chi connectivity index (χ3v) is 10.3. The number of carbonyl (C=O) groups is 2. The number of hydrogen-bond acceptors (Lipinski definition) is 5. The number of esters is 2. The van der Waals surface area contributed by atoms with Gasteiger partial charge in [-0.25, -0.2) is 0 Å². The van der Waals surface area contributed by atoms with Crippen LogP contribution in [0.25, 0.3) is 0 Å². The van der Waals surface area contributed by atoms with E-state index in [-0.39, 0.29) is 25.2 Å². The second kappa shape index (κ2) is 46.2. The van der Waals surface area contributed by atoms with E-state index in [0.717, 1.165) is 57.8 Å². The van der Waals surface area contributed by atoms with Gasteiger partial charge in [0.2, 0.25) is 0 Å². The lowest BCUT2D eigenvalue weighted by Gasteiger charge is -2.15. The van der Waals surface area contributed by atoms with E-state index in [1.807, 2.05) is 0 Å². The minimum absolute atomic E-state index is 0.0701. The highest BCUT2D eigenvalue weighted by atomic mass is 16.6. The molecule has 0 aliphatic carbocycles. The van der Waals surface area contributed by atoms with Crippen molar-refractivity contribution in [2.24, 2.45) is 0 Å². The van der Waals surface area contributed by atoms with E-state index in [4.69, 9.17) is 9.47 Å². The van der Waals surface area contributed by atoms with E-state index < -0.39 is 6.10 Å². The quantitative estimate of drug-likeness (QED) is 0.0380. The zero-order chi connectivity index (χ0) is 40.0. The van der Waals surface area contributed by atoms with Gasteiger partial charge in [0, 0.05) is 12.8 Å². The summed E-state index contributed by atoms with van der Waals surface area (Å²) in [5.41, 5.74) is 0. The summed E-state index contributed by atoms with van der Waals surface area (Å²) in [5.74, 6) is -0.598. The molecule has 320 valence electrons. The van der Waals surface area contributed by atoms with Crippen LogP contribution in [0.1, 0.15) is 239 Å². The lowest BCUT2D eigenvalue weighted by atomic mass is 10.0. The Morgan fingerprint density at radius 3 is 1.11 bits per heavy atom. The van der Waals surface area contributed by atoms with Gasteiger partial charge in [0.25, 0.3) is 0 Å². The Balaban J connectivity index is 3.51. The number of aliphatic hydroxyl groups excluding tert-OH is 1. The van der Waals surface area contributed by atoms with Crippen LogP contribution >= 0.6 is 0 Å². The summed E-state index contributed by atoms with van der Waals surface area (Å²) in [6.45, 7) is 4.12. The zero-order valence-corrected chi connectivity index (χ0v) is 36.4. The monoisotopic (exact) mass is 771 g/mol. The fraction of sp³-hybridized carbons (Fsp3) is 0.800. The van der Waals surface area contributed by atoms with Crippen molar-refractivity contribution in [2.45, 2.75) is 245 Å². The number of rotatable bonds is 43. The maximum absolute atomic E-state index is 12.2. The van der Waals surface area contributed by atoms with Crippen LogP contribution in [0.5, 0.6) is 0 Å². The first kappa shape index (κ1) is 52.9. The summed E-state index contributed by atoms with van der Waals surface area (Å²) in [6.07, 6.45) is 59.1. The van der Waals surface area contributed by atoms with E-state index in [9.17, 15) is 14.7 Å². The number of carbonyl (C=O) groups excluding carboxylic acids is 2. The molecule has 0 fully saturated rings. The predicted octanol–water partition coefficient (Wildman–Crippen LogP) is 15.4. The molecule has 0 radical (unpaired) electrons. The Labute approximate surface area is 341 Å². The standard InChI is InChI=1S/C50H90O5/c1-3-5-7-9-11-13-15-17-19-20-21-22-23-24-25-26-27-28-29-30-31-33-35-37-39-41-43-45-50(53)55-48(46-51)47-54-49(52)44-42-40-38-36-34-32-18-16-14-12-10-8-6-4-2/h15-18,20-21,23-24,48,51H,3-14,19,22,25-47H2,1-2H3/b17-15-,18-16-,21-20-,24-23-. The van der Waals surface area contributed by atoms with Gasteiger partial charge >= 0.3 is 11.9 Å². The van der Waals surface area contributed by atoms with E-state index >= 15 is 0 Å². The summed E-state index contributed by atoms with van der Waals surface area (Å²) >= 11 is 0. The number of aliphatic hydroxyl groups is 1. The Kier molecular flexibility index (Phi) is 44.4. The van der Waals surface area contributed by atoms with Crippen molar-refractivity contribution in [3.05, 3.63) is 48.6 Å². The molecule has 55 heavy (non-hydrogen) atoms. The summed E-state index contributed by atoms with van der Waals surface area (Å²) in [4.78, 5) is 24.3. The molecule has 0 aromatic carbocycles. The Morgan fingerprint density at radius 2 is 0.727 bits per heavy atom. The van der Waals surface area contributed by atoms with Crippen LogP contribution in [-0.2, 0) is 19.1 Å². The molecular formula is C50H90O5. The molecule has 0 rings (SSSR count). The second-order valence-electron chi connectivity index (χ2n) is 15.8. The average Bonchev–Trinajstić information content (AvgIpc) is 3.19. The maximum Gasteiger partial charge on any atom is 0.306 e. The zero-order valence-electron chi connectivity index (χ0n) is 36.4. The minimum Gasteiger partial charge on any atom is -0.462 e. The molecule has 1 N–H and O–H groups in total. The Hall–Kier alpha value is -2.14. The molecule has 0 aromatic heterocycles. The molecule has 5 heteroatoms. The van der Waals surface area contributed by atoms with Crippen LogP contribution in [0, 0.1) is 0 Å². The van der Waals surface area contributed by atoms with Gasteiger partial charge in [0.15, 0.2) is 6.10 Å². The van der Waals surface area contributed by atoms with Gasteiger partial charge < -0.3 is 14.6 Å². The third-order valence-electron chi connectivity index (χ3n) is 10.3. The summed E-state index contributed by atoms with van der Waals surface area (Å²) < 4.78 is 10.6. The first-order valence-electron chi connectivity index (χ1n) is 23.7. The van der Waals surface area contributed by atoms with E-state index in [1.54, 1.807) is 0 Å². The SMILES string of the molecule is CCCCCCC/C=C\C/C=C\C/C=C\CCCCCCCCCCCCCCC(=O)OC(CO)COC(=O)CCCCCCC/C=C\CCCCCCC. The molecule has 0 heterocycles. The molecule has 0 aliphatic rings. The van der Waals surface area contributed by atoms with Crippen LogP contribution in [0.2, 0.25) is 0 Å². The first-order valence-corrected chi connectivity index (χ1v) is 23.7. The molecule has 1 atom stereocenters. The highest BCUT2D eigenvalue weighted by molar-refractivity contribution is 5.70. The van der Waals surface area contributed by atoms with Crippen molar-refractivity contribution in [3.8, 4) is 0 Å². The third kappa shape index (κ3) is 44.4. The highest BCUT2D eigenvalue weighted by Gasteiger charge is 2.16. The van der Waals surface area contributed by atoms with E-state index in [0.29, 0.717) is 12.8 Å². The van der Waals surface area contributed by atoms with Crippen LogP contribution in [-0.4, -0.2) is 36.4 Å². The average molecular weight is 771 g/mol. The topological polar surface area (TPSA) is 72.8 Å². The Morgan fingerprint density at radius 1 is 0.418 bits per heavy atom. The molecule has 0 amide bonds. The minimum atomic E-state index is -0.775. The van der Waals surface area contributed by atoms with E-state index in [2.05, 4.69) is 62.5 Å². The van der Waals surface area contributed by atoms with Crippen molar-refractivity contribution < 1.29 is 24.2 Å². The number of hydrogen-bond donors (Lipinski definition) is 1. The first-order chi connectivity index (χ1) is 27.1. The molecule has 0 bridgehead atoms. The van der Waals surface area contributed by atoms with Crippen molar-refractivity contribution in [3.63, 3.8) is 0 Å². The number of unbranched alkanes of at least 4 members (excludes halogenated alkanes) is 27. The van der Waals surface area contributed by atoms with Crippen LogP contribution in [0.15, 0.2) is 48.6 Å². The molecule has 0 saturated carbocycles. The maximum atomic E-state index is 12.2. The van der Waals surface area contributed by atoms with Gasteiger partial charge in [-0.2, -0.15) is 0 Å². The van der Waals surface area contributed by atoms with Crippen LogP contribution in [0.3, 0.4) is 0 Å². The van der Waals surface area contributed by atoms with Crippen molar-refractivity contribution in [1.29, 1.82) is 0 Å². The van der Waals surface area contributed by atoms with Gasteiger partial charge in [-0.15, -0.1) is 0 Å². The Bertz CT molecular complexity index is 919. The molecular weight excluding hydrogens is 681 g/mol. The van der Waals surface area contributed by atoms with Gasteiger partial charge in [-0.1, -0.05) is 197 Å². The van der Waals surface area contributed by atoms with Gasteiger partial charge in [0.05, 0.1) is 6.61 Å². The largest absolute Gasteiger partial charge is 0.462 e. The molecule has 0 aromatic rings. The lowest BCUT2D eigenvalue weighted by molar-refractivity contribution is -0.161. The lowest BCUT2D eigenvalue weighted by Crippen LogP contribution is -2.28. The van der Waals surface area contributed by atoms with E-state index in [1.165, 1.54) is 154 Å². The second-order valence-corrected chi connectivity index (χ2v) is 15.8. The molecule has 0 saturated heterocycles. The number of ether oxygens (including phenoxy) is 2. The summed E-state index contributed by atoms with van der Waals surface area (Å²) in [7, 11) is 0. The summed E-state index contributed by atoms with van der Waals surface area (Å²) in [5, 5.41) is 9.59. The smallest absolute Gasteiger partial charge is 0.306 e. The molecule has 5 nitrogen and oxygen atoms in total. The van der Waals surface area contributed by atoms with Gasteiger partial charge in [0.1, 0.15) is 6.61 Å². The fourth-order valence-corrected chi connectivity index (χ4v) is 6.73.